The van der Waals surface area contributed by atoms with Crippen LogP contribution >= 0.6 is 0 Å². The zero-order valence-corrected chi connectivity index (χ0v) is 13.7. The highest BCUT2D eigenvalue weighted by atomic mass is 16.3. The minimum Gasteiger partial charge on any atom is -0.442 e. The Bertz CT molecular complexity index is 1140. The van der Waals surface area contributed by atoms with E-state index in [1.54, 1.807) is 12.4 Å². The third-order valence-electron chi connectivity index (χ3n) is 4.73. The molecule has 0 aliphatic heterocycles. The van der Waals surface area contributed by atoms with Gasteiger partial charge in [-0.3, -0.25) is 10.1 Å². The van der Waals surface area contributed by atoms with Crippen molar-refractivity contribution < 1.29 is 4.42 Å². The van der Waals surface area contributed by atoms with Crippen molar-refractivity contribution in [3.63, 3.8) is 0 Å². The molecule has 3 aromatic heterocycles. The minimum atomic E-state index is 0.135. The van der Waals surface area contributed by atoms with E-state index >= 15 is 0 Å². The van der Waals surface area contributed by atoms with Gasteiger partial charge < -0.3 is 9.73 Å². The fraction of sp³-hybridized carbons (Fsp3) is 0.158. The van der Waals surface area contributed by atoms with Crippen LogP contribution in [0.1, 0.15) is 29.3 Å². The van der Waals surface area contributed by atoms with E-state index in [0.717, 1.165) is 46.4 Å². The van der Waals surface area contributed by atoms with Gasteiger partial charge in [-0.25, -0.2) is 4.98 Å². The molecule has 7 heteroatoms. The van der Waals surface area contributed by atoms with Crippen LogP contribution in [0.15, 0.2) is 47.5 Å². The summed E-state index contributed by atoms with van der Waals surface area (Å²) in [5, 5.41) is 20.9. The Morgan fingerprint density at radius 2 is 2.23 bits per heavy atom. The number of nitrogens with one attached hydrogen (secondary N) is 2. The molecule has 0 amide bonds. The molecule has 7 nitrogen and oxygen atoms in total. The first-order valence-electron chi connectivity index (χ1n) is 8.34. The van der Waals surface area contributed by atoms with Crippen molar-refractivity contribution in [1.82, 2.24) is 20.2 Å². The number of nitrogens with zero attached hydrogens (tertiary/aromatic N) is 4. The predicted octanol–water partition coefficient (Wildman–Crippen LogP) is 3.58. The summed E-state index contributed by atoms with van der Waals surface area (Å²) in [5.41, 5.74) is 5.44. The maximum absolute atomic E-state index is 9.03. The van der Waals surface area contributed by atoms with Crippen LogP contribution < -0.4 is 5.32 Å². The molecule has 1 aromatic carbocycles. The number of hydrogen-bond acceptors (Lipinski definition) is 6. The van der Waals surface area contributed by atoms with Crippen molar-refractivity contribution in [3.05, 3.63) is 59.9 Å². The van der Waals surface area contributed by atoms with Crippen molar-refractivity contribution in [2.24, 2.45) is 0 Å². The molecule has 0 saturated carbocycles. The quantitative estimate of drug-likeness (QED) is 0.590. The van der Waals surface area contributed by atoms with Crippen LogP contribution in [-0.4, -0.2) is 20.2 Å². The van der Waals surface area contributed by atoms with E-state index in [9.17, 15) is 0 Å². The average molecular weight is 342 g/mol. The van der Waals surface area contributed by atoms with Gasteiger partial charge in [-0.2, -0.15) is 10.4 Å². The lowest BCUT2D eigenvalue weighted by Gasteiger charge is -2.15. The lowest BCUT2D eigenvalue weighted by molar-refractivity contribution is 0.570. The van der Waals surface area contributed by atoms with Crippen molar-refractivity contribution in [3.8, 4) is 17.5 Å². The number of benzene rings is 1. The molecule has 1 aliphatic rings. The van der Waals surface area contributed by atoms with Gasteiger partial charge in [0.25, 0.3) is 0 Å². The SMILES string of the molecule is N#Cc1cnc2c(c1)CC[C@H]2Nc1ccc2[nH]nc(-c3cnco3)c2c1. The zero-order chi connectivity index (χ0) is 17.5. The molecule has 0 spiro atoms. The van der Waals surface area contributed by atoms with Crippen molar-refractivity contribution in [2.75, 3.05) is 5.32 Å². The molecule has 0 unspecified atom stereocenters. The predicted molar refractivity (Wildman–Crippen MR) is 95.2 cm³/mol. The normalized spacial score (nSPS) is 15.7. The highest BCUT2D eigenvalue weighted by Crippen LogP contribution is 2.34. The maximum Gasteiger partial charge on any atom is 0.181 e. The molecule has 1 atom stereocenters. The number of aromatic amines is 1. The van der Waals surface area contributed by atoms with E-state index < -0.39 is 0 Å². The number of rotatable bonds is 3. The second-order valence-electron chi connectivity index (χ2n) is 6.31. The van der Waals surface area contributed by atoms with Gasteiger partial charge in [-0.05, 0) is 42.7 Å². The molecule has 0 fully saturated rings. The molecular weight excluding hydrogens is 328 g/mol. The summed E-state index contributed by atoms with van der Waals surface area (Å²) in [6.07, 6.45) is 6.57. The summed E-state index contributed by atoms with van der Waals surface area (Å²) < 4.78 is 5.38. The Morgan fingerprint density at radius 3 is 3.08 bits per heavy atom. The first-order chi connectivity index (χ1) is 12.8. The van der Waals surface area contributed by atoms with E-state index in [0.29, 0.717) is 11.3 Å². The molecule has 0 radical (unpaired) electrons. The average Bonchev–Trinajstić information content (AvgIpc) is 3.40. The van der Waals surface area contributed by atoms with Crippen LogP contribution in [0.5, 0.6) is 0 Å². The van der Waals surface area contributed by atoms with Gasteiger partial charge in [-0.15, -0.1) is 0 Å². The number of oxazole rings is 1. The third kappa shape index (κ3) is 2.31. The second-order valence-corrected chi connectivity index (χ2v) is 6.31. The Hall–Kier alpha value is -3.66. The summed E-state index contributed by atoms with van der Waals surface area (Å²) in [5.74, 6) is 0.630. The van der Waals surface area contributed by atoms with E-state index in [4.69, 9.17) is 9.68 Å². The van der Waals surface area contributed by atoms with Gasteiger partial charge >= 0.3 is 0 Å². The molecule has 4 aromatic rings. The fourth-order valence-corrected chi connectivity index (χ4v) is 3.50. The third-order valence-corrected chi connectivity index (χ3v) is 4.73. The Morgan fingerprint density at radius 1 is 1.27 bits per heavy atom. The summed E-state index contributed by atoms with van der Waals surface area (Å²) in [6.45, 7) is 0. The van der Waals surface area contributed by atoms with Gasteiger partial charge in [0.1, 0.15) is 11.8 Å². The highest BCUT2D eigenvalue weighted by Gasteiger charge is 2.24. The lowest BCUT2D eigenvalue weighted by atomic mass is 10.1. The van der Waals surface area contributed by atoms with Crippen LogP contribution in [0.25, 0.3) is 22.4 Å². The number of pyridine rings is 1. The smallest absolute Gasteiger partial charge is 0.181 e. The summed E-state index contributed by atoms with van der Waals surface area (Å²) in [7, 11) is 0. The van der Waals surface area contributed by atoms with Crippen molar-refractivity contribution in [1.29, 1.82) is 5.26 Å². The molecule has 2 N–H and O–H groups in total. The number of nitriles is 1. The van der Waals surface area contributed by atoms with Crippen LogP contribution in [-0.2, 0) is 6.42 Å². The summed E-state index contributed by atoms with van der Waals surface area (Å²) in [6, 6.07) is 10.3. The van der Waals surface area contributed by atoms with Crippen LogP contribution in [0.2, 0.25) is 0 Å². The number of hydrogen-bond donors (Lipinski definition) is 2. The number of fused-ring (bicyclic) bond motifs is 2. The standard InChI is InChI=1S/C19H14N6O/c20-7-11-5-12-1-3-16(18(12)22-8-11)23-13-2-4-15-14(6-13)19(25-24-15)17-9-21-10-26-17/h2,4-6,8-10,16,23H,1,3H2,(H,24,25)/t16-/m1/s1. The first kappa shape index (κ1) is 14.7. The number of aromatic nitrogens is 4. The van der Waals surface area contributed by atoms with E-state index in [2.05, 4.69) is 37.6 Å². The van der Waals surface area contributed by atoms with E-state index in [-0.39, 0.29) is 6.04 Å². The van der Waals surface area contributed by atoms with Crippen LogP contribution in [0.3, 0.4) is 0 Å². The van der Waals surface area contributed by atoms with Crippen LogP contribution in [0.4, 0.5) is 5.69 Å². The molecule has 1 aliphatic carbocycles. The molecular formula is C19H14N6O. The number of anilines is 1. The number of aryl methyl sites for hydroxylation is 1. The van der Waals surface area contributed by atoms with Crippen molar-refractivity contribution >= 4 is 16.6 Å². The highest BCUT2D eigenvalue weighted by molar-refractivity contribution is 5.93. The Kier molecular flexibility index (Phi) is 3.22. The summed E-state index contributed by atoms with van der Waals surface area (Å²) in [4.78, 5) is 8.45. The van der Waals surface area contributed by atoms with Gasteiger partial charge in [0.2, 0.25) is 0 Å². The largest absolute Gasteiger partial charge is 0.442 e. The molecule has 5 rings (SSSR count). The monoisotopic (exact) mass is 342 g/mol. The molecule has 3 heterocycles. The van der Waals surface area contributed by atoms with Gasteiger partial charge in [-0.1, -0.05) is 0 Å². The molecule has 0 saturated heterocycles. The first-order valence-corrected chi connectivity index (χ1v) is 8.34. The van der Waals surface area contributed by atoms with E-state index in [1.165, 1.54) is 6.39 Å². The van der Waals surface area contributed by atoms with Gasteiger partial charge in [0.15, 0.2) is 12.2 Å². The fourth-order valence-electron chi connectivity index (χ4n) is 3.50. The zero-order valence-electron chi connectivity index (χ0n) is 13.7. The topological polar surface area (TPSA) is 103 Å². The second kappa shape index (κ2) is 5.70. The van der Waals surface area contributed by atoms with Crippen LogP contribution in [0, 0.1) is 11.3 Å². The molecule has 0 bridgehead atoms. The van der Waals surface area contributed by atoms with E-state index in [1.807, 2.05) is 18.2 Å². The van der Waals surface area contributed by atoms with Gasteiger partial charge in [0.05, 0.1) is 29.0 Å². The Labute approximate surface area is 148 Å². The Balaban J connectivity index is 1.48. The summed E-state index contributed by atoms with van der Waals surface area (Å²) >= 11 is 0. The minimum absolute atomic E-state index is 0.135. The molecule has 26 heavy (non-hydrogen) atoms. The van der Waals surface area contributed by atoms with Gasteiger partial charge in [0, 0.05) is 17.3 Å². The maximum atomic E-state index is 9.03. The molecule has 126 valence electrons. The van der Waals surface area contributed by atoms with Crippen molar-refractivity contribution in [2.45, 2.75) is 18.9 Å². The lowest BCUT2D eigenvalue weighted by Crippen LogP contribution is -2.08. The number of H-pyrrole nitrogens is 1.